The Morgan fingerprint density at radius 1 is 1.24 bits per heavy atom. The average Bonchev–Trinajstić information content (AvgIpc) is 2.58. The molecule has 6 heteroatoms. The fraction of sp³-hybridized carbons (Fsp3) is 0.684. The van der Waals surface area contributed by atoms with Gasteiger partial charge in [0.25, 0.3) is 0 Å². The van der Waals surface area contributed by atoms with Gasteiger partial charge in [-0.05, 0) is 52.7 Å². The van der Waals surface area contributed by atoms with Crippen molar-refractivity contribution in [1.29, 1.82) is 0 Å². The summed E-state index contributed by atoms with van der Waals surface area (Å²) in [7, 11) is 1.62. The molecule has 25 heavy (non-hydrogen) atoms. The monoisotopic (exact) mass is 349 g/mol. The molecule has 0 spiro atoms. The molecule has 2 N–H and O–H groups in total. The Labute approximate surface area is 153 Å². The molecule has 0 saturated carbocycles. The lowest BCUT2D eigenvalue weighted by Crippen LogP contribution is -2.41. The maximum absolute atomic E-state index is 5.15. The van der Waals surface area contributed by atoms with Gasteiger partial charge in [-0.25, -0.2) is 9.98 Å². The zero-order valence-corrected chi connectivity index (χ0v) is 16.7. The summed E-state index contributed by atoms with van der Waals surface area (Å²) in [6, 6.07) is 5.02. The highest BCUT2D eigenvalue weighted by atomic mass is 16.5. The molecule has 0 amide bonds. The molecule has 1 heterocycles. The standard InChI is InChI=1S/C19H35N5O/c1-7-20-19(22-10-8-12-24(15(2)3)16(4)5)23-14-17-9-11-21-18(13-17)25-6/h9,11,13,15-16H,7-8,10,12,14H2,1-6H3,(H2,20,22,23). The molecule has 0 aliphatic carbocycles. The van der Waals surface area contributed by atoms with Crippen LogP contribution in [0.5, 0.6) is 5.88 Å². The molecule has 0 unspecified atom stereocenters. The van der Waals surface area contributed by atoms with Crippen molar-refractivity contribution in [3.8, 4) is 5.88 Å². The van der Waals surface area contributed by atoms with Crippen LogP contribution in [0.15, 0.2) is 23.3 Å². The Balaban J connectivity index is 2.50. The van der Waals surface area contributed by atoms with Crippen LogP contribution in [0.2, 0.25) is 0 Å². The van der Waals surface area contributed by atoms with Crippen LogP contribution in [0.25, 0.3) is 0 Å². The van der Waals surface area contributed by atoms with Gasteiger partial charge < -0.3 is 15.4 Å². The SMILES string of the molecule is CCNC(=NCc1ccnc(OC)c1)NCCCN(C(C)C)C(C)C. The summed E-state index contributed by atoms with van der Waals surface area (Å²) in [6.07, 6.45) is 2.83. The second-order valence-corrected chi connectivity index (χ2v) is 6.61. The third kappa shape index (κ3) is 8.20. The molecule has 0 aliphatic rings. The Hall–Kier alpha value is -1.82. The number of hydrogen-bond donors (Lipinski definition) is 2. The molecule has 0 bridgehead atoms. The van der Waals surface area contributed by atoms with Gasteiger partial charge in [-0.2, -0.15) is 0 Å². The minimum atomic E-state index is 0.573. The van der Waals surface area contributed by atoms with E-state index in [2.05, 4.69) is 60.1 Å². The van der Waals surface area contributed by atoms with Gasteiger partial charge in [0, 0.05) is 44.0 Å². The fourth-order valence-corrected chi connectivity index (χ4v) is 2.75. The molecule has 0 atom stereocenters. The van der Waals surface area contributed by atoms with E-state index < -0.39 is 0 Å². The lowest BCUT2D eigenvalue weighted by Gasteiger charge is -2.30. The number of nitrogens with one attached hydrogen (secondary N) is 2. The minimum absolute atomic E-state index is 0.573. The number of guanidine groups is 1. The second kappa shape index (κ2) is 11.7. The Morgan fingerprint density at radius 2 is 1.96 bits per heavy atom. The highest BCUT2D eigenvalue weighted by Gasteiger charge is 2.12. The smallest absolute Gasteiger partial charge is 0.213 e. The van der Waals surface area contributed by atoms with Gasteiger partial charge in [0.1, 0.15) is 0 Å². The van der Waals surface area contributed by atoms with Crippen molar-refractivity contribution in [2.45, 2.75) is 59.7 Å². The van der Waals surface area contributed by atoms with E-state index >= 15 is 0 Å². The number of aromatic nitrogens is 1. The minimum Gasteiger partial charge on any atom is -0.481 e. The van der Waals surface area contributed by atoms with E-state index in [-0.39, 0.29) is 0 Å². The summed E-state index contributed by atoms with van der Waals surface area (Å²) in [6.45, 7) is 14.5. The molecular weight excluding hydrogens is 314 g/mol. The molecular formula is C19H35N5O. The molecule has 0 radical (unpaired) electrons. The highest BCUT2D eigenvalue weighted by Crippen LogP contribution is 2.09. The first-order valence-electron chi connectivity index (χ1n) is 9.24. The van der Waals surface area contributed by atoms with Crippen LogP contribution in [-0.4, -0.2) is 54.7 Å². The number of pyridine rings is 1. The van der Waals surface area contributed by atoms with Crippen LogP contribution >= 0.6 is 0 Å². The van der Waals surface area contributed by atoms with Gasteiger partial charge in [0.05, 0.1) is 13.7 Å². The first-order valence-corrected chi connectivity index (χ1v) is 9.24. The van der Waals surface area contributed by atoms with Crippen LogP contribution in [0, 0.1) is 0 Å². The fourth-order valence-electron chi connectivity index (χ4n) is 2.75. The molecule has 142 valence electrons. The second-order valence-electron chi connectivity index (χ2n) is 6.61. The van der Waals surface area contributed by atoms with Crippen LogP contribution < -0.4 is 15.4 Å². The quantitative estimate of drug-likeness (QED) is 0.386. The summed E-state index contributed by atoms with van der Waals surface area (Å²) in [5.41, 5.74) is 1.08. The summed E-state index contributed by atoms with van der Waals surface area (Å²) in [5.74, 6) is 1.46. The van der Waals surface area contributed by atoms with Gasteiger partial charge in [-0.3, -0.25) is 4.90 Å². The van der Waals surface area contributed by atoms with Crippen molar-refractivity contribution < 1.29 is 4.74 Å². The number of rotatable bonds is 10. The number of methoxy groups -OCH3 is 1. The van der Waals surface area contributed by atoms with Gasteiger partial charge in [-0.1, -0.05) is 0 Å². The third-order valence-corrected chi connectivity index (χ3v) is 3.98. The lowest BCUT2D eigenvalue weighted by molar-refractivity contribution is 0.173. The normalized spacial score (nSPS) is 12.1. The largest absolute Gasteiger partial charge is 0.481 e. The Kier molecular flexibility index (Phi) is 9.92. The van der Waals surface area contributed by atoms with Crippen LogP contribution in [-0.2, 0) is 6.54 Å². The average molecular weight is 350 g/mol. The van der Waals surface area contributed by atoms with Crippen molar-refractivity contribution in [1.82, 2.24) is 20.5 Å². The zero-order valence-electron chi connectivity index (χ0n) is 16.7. The van der Waals surface area contributed by atoms with E-state index in [4.69, 9.17) is 4.74 Å². The van der Waals surface area contributed by atoms with Gasteiger partial charge in [-0.15, -0.1) is 0 Å². The maximum atomic E-state index is 5.15. The highest BCUT2D eigenvalue weighted by molar-refractivity contribution is 5.79. The van der Waals surface area contributed by atoms with E-state index in [0.717, 1.165) is 37.6 Å². The first-order chi connectivity index (χ1) is 12.0. The molecule has 1 aromatic rings. The molecule has 0 fully saturated rings. The molecule has 1 aromatic heterocycles. The van der Waals surface area contributed by atoms with Crippen molar-refractivity contribution in [3.05, 3.63) is 23.9 Å². The predicted molar refractivity (Wildman–Crippen MR) is 105 cm³/mol. The van der Waals surface area contributed by atoms with Gasteiger partial charge >= 0.3 is 0 Å². The molecule has 0 aliphatic heterocycles. The van der Waals surface area contributed by atoms with Crippen molar-refractivity contribution in [3.63, 3.8) is 0 Å². The van der Waals surface area contributed by atoms with Crippen molar-refractivity contribution in [2.75, 3.05) is 26.7 Å². The van der Waals surface area contributed by atoms with E-state index in [1.54, 1.807) is 13.3 Å². The molecule has 0 aromatic carbocycles. The summed E-state index contributed by atoms with van der Waals surface area (Å²) in [5, 5.41) is 6.71. The predicted octanol–water partition coefficient (Wildman–Crippen LogP) is 2.65. The Morgan fingerprint density at radius 3 is 2.56 bits per heavy atom. The van der Waals surface area contributed by atoms with E-state index in [1.807, 2.05) is 12.1 Å². The molecule has 1 rings (SSSR count). The van der Waals surface area contributed by atoms with Gasteiger partial charge in [0.15, 0.2) is 5.96 Å². The maximum Gasteiger partial charge on any atom is 0.213 e. The molecule has 6 nitrogen and oxygen atoms in total. The number of ether oxygens (including phenoxy) is 1. The number of aliphatic imine (C=N–C) groups is 1. The van der Waals surface area contributed by atoms with Crippen molar-refractivity contribution in [2.24, 2.45) is 4.99 Å². The number of nitrogens with zero attached hydrogens (tertiary/aromatic N) is 3. The summed E-state index contributed by atoms with van der Waals surface area (Å²) < 4.78 is 5.15. The molecule has 0 saturated heterocycles. The van der Waals surface area contributed by atoms with Crippen LogP contribution in [0.3, 0.4) is 0 Å². The first kappa shape index (κ1) is 21.2. The third-order valence-electron chi connectivity index (χ3n) is 3.98. The van der Waals surface area contributed by atoms with E-state index in [9.17, 15) is 0 Å². The van der Waals surface area contributed by atoms with E-state index in [0.29, 0.717) is 24.5 Å². The lowest BCUT2D eigenvalue weighted by atomic mass is 10.2. The Bertz CT molecular complexity index is 508. The van der Waals surface area contributed by atoms with Gasteiger partial charge in [0.2, 0.25) is 5.88 Å². The van der Waals surface area contributed by atoms with Crippen LogP contribution in [0.4, 0.5) is 0 Å². The topological polar surface area (TPSA) is 61.8 Å². The summed E-state index contributed by atoms with van der Waals surface area (Å²) in [4.78, 5) is 11.3. The number of hydrogen-bond acceptors (Lipinski definition) is 4. The van der Waals surface area contributed by atoms with Crippen LogP contribution in [0.1, 0.15) is 46.6 Å². The zero-order chi connectivity index (χ0) is 18.7. The summed E-state index contributed by atoms with van der Waals surface area (Å²) >= 11 is 0. The van der Waals surface area contributed by atoms with Crippen molar-refractivity contribution >= 4 is 5.96 Å². The van der Waals surface area contributed by atoms with E-state index in [1.165, 1.54) is 0 Å².